The summed E-state index contributed by atoms with van der Waals surface area (Å²) in [6, 6.07) is 13.5. The van der Waals surface area contributed by atoms with Crippen molar-refractivity contribution in [1.29, 1.82) is 5.26 Å². The number of unbranched alkanes of at least 4 members (excludes halogenated alkanes) is 3. The van der Waals surface area contributed by atoms with Crippen molar-refractivity contribution in [2.24, 2.45) is 17.8 Å². The maximum atomic E-state index is 8.95. The maximum Gasteiger partial charge on any atom is 0.275 e. The van der Waals surface area contributed by atoms with Crippen LogP contribution < -0.4 is 9.47 Å². The molecule has 5 rings (SSSR count). The fourth-order valence-corrected chi connectivity index (χ4v) is 5.91. The third-order valence-electron chi connectivity index (χ3n) is 9.38. The Kier molecular flexibility index (Phi) is 26.4. The van der Waals surface area contributed by atoms with Gasteiger partial charge in [0.2, 0.25) is 0 Å². The van der Waals surface area contributed by atoms with E-state index >= 15 is 0 Å². The van der Waals surface area contributed by atoms with Crippen LogP contribution in [-0.2, 0) is 12.2 Å². The molecule has 302 valence electrons. The number of aromatic nitrogens is 1. The van der Waals surface area contributed by atoms with Crippen LogP contribution in [0.15, 0.2) is 70.9 Å². The quantitative estimate of drug-likeness (QED) is 0.204. The van der Waals surface area contributed by atoms with E-state index in [1.165, 1.54) is 79.4 Å². The maximum absolute atomic E-state index is 8.95. The van der Waals surface area contributed by atoms with Gasteiger partial charge in [-0.15, -0.1) is 11.3 Å². The van der Waals surface area contributed by atoms with Crippen molar-refractivity contribution in [2.45, 2.75) is 174 Å². The molecule has 3 aromatic rings. The summed E-state index contributed by atoms with van der Waals surface area (Å²) < 4.78 is 12.1. The molecule has 1 aliphatic heterocycles. The lowest BCUT2D eigenvalue weighted by atomic mass is 9.99. The van der Waals surface area contributed by atoms with Crippen molar-refractivity contribution in [1.82, 2.24) is 4.98 Å². The number of hydrogen-bond donors (Lipinski definition) is 0. The molecule has 0 bridgehead atoms. The van der Waals surface area contributed by atoms with Gasteiger partial charge in [-0.3, -0.25) is 4.98 Å². The highest BCUT2D eigenvalue weighted by Gasteiger charge is 2.40. The van der Waals surface area contributed by atoms with Gasteiger partial charge in [-0.2, -0.15) is 5.26 Å². The zero-order valence-corrected chi connectivity index (χ0v) is 38.2. The summed E-state index contributed by atoms with van der Waals surface area (Å²) in [6.45, 7) is 34.5. The lowest BCUT2D eigenvalue weighted by Gasteiger charge is -2.25. The summed E-state index contributed by atoms with van der Waals surface area (Å²) in [7, 11) is 0. The molecule has 54 heavy (non-hydrogen) atoms. The van der Waals surface area contributed by atoms with Crippen LogP contribution in [-0.4, -0.2) is 4.98 Å². The van der Waals surface area contributed by atoms with Gasteiger partial charge in [0.15, 0.2) is 11.5 Å². The molecule has 3 atom stereocenters. The predicted molar refractivity (Wildman–Crippen MR) is 238 cm³/mol. The van der Waals surface area contributed by atoms with Gasteiger partial charge in [-0.05, 0) is 134 Å². The van der Waals surface area contributed by atoms with E-state index in [0.717, 1.165) is 45.9 Å². The second-order valence-electron chi connectivity index (χ2n) is 15.9. The first-order valence-electron chi connectivity index (χ1n) is 20.6. The minimum atomic E-state index is -0.841. The molecule has 3 unspecified atom stereocenters. The zero-order chi connectivity index (χ0) is 41.3. The van der Waals surface area contributed by atoms with E-state index in [1.54, 1.807) is 17.4 Å². The largest absolute Gasteiger partial charge is 0.445 e. The third kappa shape index (κ3) is 21.5. The van der Waals surface area contributed by atoms with E-state index in [4.69, 9.17) is 14.7 Å². The summed E-state index contributed by atoms with van der Waals surface area (Å²) in [4.78, 5) is 5.41. The van der Waals surface area contributed by atoms with Gasteiger partial charge in [-0.25, -0.2) is 0 Å². The normalized spacial score (nSPS) is 17.3. The SMILES string of the molecule is CC(C)=C(C)C.CC/C=C(/C)CC(C)C.CC1CC1C.CCCCC.CCCCc1cncs1.Cc1cc(C#N)ccc1C1(C)Oc2cccc(C)c2O1. The minimum Gasteiger partial charge on any atom is -0.445 e. The Hall–Kier alpha value is -3.36. The molecule has 2 heterocycles. The van der Waals surface area contributed by atoms with Crippen molar-refractivity contribution in [2.75, 3.05) is 0 Å². The van der Waals surface area contributed by atoms with Crippen molar-refractivity contribution in [3.8, 4) is 17.6 Å². The summed E-state index contributed by atoms with van der Waals surface area (Å²) in [5.41, 5.74) is 9.89. The molecule has 1 aliphatic carbocycles. The van der Waals surface area contributed by atoms with E-state index < -0.39 is 5.79 Å². The summed E-state index contributed by atoms with van der Waals surface area (Å²) in [5.74, 6) is 3.62. The second kappa shape index (κ2) is 28.1. The number of thiazole rings is 1. The molecule has 0 spiro atoms. The van der Waals surface area contributed by atoms with E-state index in [-0.39, 0.29) is 0 Å². The van der Waals surface area contributed by atoms with Crippen molar-refractivity contribution >= 4 is 11.3 Å². The molecule has 2 aromatic carbocycles. The van der Waals surface area contributed by atoms with Crippen LogP contribution in [0.25, 0.3) is 0 Å². The van der Waals surface area contributed by atoms with Gasteiger partial charge in [0.25, 0.3) is 5.79 Å². The number of benzene rings is 2. The Morgan fingerprint density at radius 1 is 0.907 bits per heavy atom. The Morgan fingerprint density at radius 2 is 1.50 bits per heavy atom. The number of aryl methyl sites for hydroxylation is 3. The first-order valence-corrected chi connectivity index (χ1v) is 21.5. The topological polar surface area (TPSA) is 55.1 Å². The van der Waals surface area contributed by atoms with Gasteiger partial charge in [-0.1, -0.05) is 116 Å². The van der Waals surface area contributed by atoms with Crippen LogP contribution in [0.4, 0.5) is 0 Å². The molecule has 0 amide bonds. The Bertz CT molecular complexity index is 1520. The fourth-order valence-electron chi connectivity index (χ4n) is 5.27. The van der Waals surface area contributed by atoms with E-state index in [2.05, 4.69) is 107 Å². The van der Waals surface area contributed by atoms with Gasteiger partial charge >= 0.3 is 0 Å². The van der Waals surface area contributed by atoms with Crippen LogP contribution in [0.2, 0.25) is 0 Å². The number of nitriles is 1. The van der Waals surface area contributed by atoms with E-state index in [0.29, 0.717) is 5.56 Å². The molecule has 2 aliphatic rings. The highest BCUT2D eigenvalue weighted by Crippen LogP contribution is 2.46. The fraction of sp³-hybridized carbons (Fsp3) is 0.592. The average Bonchev–Trinajstić information content (AvgIpc) is 3.44. The smallest absolute Gasteiger partial charge is 0.275 e. The standard InChI is InChI=1S/C17H15NO2.C9H18.C7H11NS.C6H12.C5H10.C5H12/c1-11-5-4-6-15-16(11)20-17(3,19-15)14-8-7-13(10-18)9-12(14)2;1-5-6-9(4)7-8(2)3;1-2-3-4-7-5-8-6-9-7;1-5(2)6(3)4;1-4-3-5(4)2;1-3-5-4-2/h4-9H,1-3H3;6,8H,5,7H2,1-4H3;5-6H,2-4H2,1H3;1-4H3;4-5H,3H2,1-2H3;3-5H2,1-2H3/b;9-6-;;;;. The number of rotatable bonds is 9. The average molecular weight is 759 g/mol. The van der Waals surface area contributed by atoms with Crippen LogP contribution in [0, 0.1) is 42.9 Å². The zero-order valence-electron chi connectivity index (χ0n) is 37.4. The Morgan fingerprint density at radius 3 is 1.89 bits per heavy atom. The highest BCUT2D eigenvalue weighted by atomic mass is 32.1. The van der Waals surface area contributed by atoms with Crippen LogP contribution in [0.3, 0.4) is 0 Å². The molecule has 1 fully saturated rings. The Balaban J connectivity index is 0.000000696. The lowest BCUT2D eigenvalue weighted by Crippen LogP contribution is -2.32. The van der Waals surface area contributed by atoms with Crippen LogP contribution >= 0.6 is 11.3 Å². The molecule has 4 nitrogen and oxygen atoms in total. The van der Waals surface area contributed by atoms with Crippen molar-refractivity contribution in [3.63, 3.8) is 0 Å². The van der Waals surface area contributed by atoms with Gasteiger partial charge in [0, 0.05) is 23.6 Å². The molecule has 0 N–H and O–H groups in total. The molecule has 5 heteroatoms. The number of nitrogens with zero attached hydrogens (tertiary/aromatic N) is 2. The lowest BCUT2D eigenvalue weighted by molar-refractivity contribution is -0.0687. The van der Waals surface area contributed by atoms with Crippen LogP contribution in [0.1, 0.15) is 175 Å². The predicted octanol–water partition coefficient (Wildman–Crippen LogP) is 15.9. The number of para-hydroxylation sites is 1. The Labute approximate surface area is 337 Å². The first kappa shape index (κ1) is 50.6. The van der Waals surface area contributed by atoms with Gasteiger partial charge < -0.3 is 9.47 Å². The van der Waals surface area contributed by atoms with Crippen molar-refractivity contribution in [3.05, 3.63) is 98.0 Å². The van der Waals surface area contributed by atoms with Crippen molar-refractivity contribution < 1.29 is 9.47 Å². The monoisotopic (exact) mass is 759 g/mol. The van der Waals surface area contributed by atoms with Gasteiger partial charge in [0.1, 0.15) is 0 Å². The summed E-state index contributed by atoms with van der Waals surface area (Å²) in [6.07, 6.45) is 16.0. The molecule has 1 aromatic heterocycles. The molecular formula is C49H78N2O2S. The molecule has 1 saturated carbocycles. The first-order chi connectivity index (χ1) is 25.5. The third-order valence-corrected chi connectivity index (χ3v) is 10.2. The van der Waals surface area contributed by atoms with E-state index in [9.17, 15) is 0 Å². The molecular weight excluding hydrogens is 681 g/mol. The molecule has 0 saturated heterocycles. The van der Waals surface area contributed by atoms with E-state index in [1.807, 2.05) is 62.8 Å². The number of hydrogen-bond acceptors (Lipinski definition) is 5. The summed E-state index contributed by atoms with van der Waals surface area (Å²) >= 11 is 1.75. The highest BCUT2D eigenvalue weighted by molar-refractivity contribution is 7.09. The number of ether oxygens (including phenoxy) is 2. The summed E-state index contributed by atoms with van der Waals surface area (Å²) in [5, 5.41) is 8.95. The van der Waals surface area contributed by atoms with Gasteiger partial charge in [0.05, 0.1) is 17.1 Å². The second-order valence-corrected chi connectivity index (χ2v) is 16.8. The minimum absolute atomic E-state index is 0.640. The van der Waals surface area contributed by atoms with Crippen LogP contribution in [0.5, 0.6) is 11.5 Å². The number of allylic oxidation sites excluding steroid dienone is 4. The molecule has 0 radical (unpaired) electrons. The number of fused-ring (bicyclic) bond motifs is 1.